The smallest absolute Gasteiger partial charge is 0.241 e. The second-order valence-corrected chi connectivity index (χ2v) is 18.2. The molecule has 298 valence electrons. The maximum atomic E-state index is 14.6. The van der Waals surface area contributed by atoms with Gasteiger partial charge in [0, 0.05) is 23.8 Å². The highest BCUT2D eigenvalue weighted by atomic mass is 16.2. The standard InChI is InChI=1S/C44H62N6O5/c1-26(2)47-36(51)18-15-33(46)38(53)49-30-14-10-28-12-17-35-42(4,32(28)24-30)20-8-22-44(35,6)40(55)50-39(54)43(5)21-7-19-41(3)31-23-29(48-37(52)25-45)13-9-27(31)11-16-34(41)43/h9-10,13-14,23-24,26,33-35H,7-8,11-12,15-22,25,45-46H2,1-6H3,(H,47,51)(H,48,52)(H,49,53)(H,50,54,55)/t33-,34+,35+,41+,42+,43-,44-/m0/s1. The fourth-order valence-electron chi connectivity index (χ4n) is 11.3. The maximum Gasteiger partial charge on any atom is 0.241 e. The van der Waals surface area contributed by atoms with Gasteiger partial charge in [-0.1, -0.05) is 52.7 Å². The van der Waals surface area contributed by atoms with Gasteiger partial charge >= 0.3 is 0 Å². The lowest BCUT2D eigenvalue weighted by Crippen LogP contribution is -2.60. The van der Waals surface area contributed by atoms with E-state index in [1.54, 1.807) is 0 Å². The minimum atomic E-state index is -0.829. The second-order valence-electron chi connectivity index (χ2n) is 18.2. The summed E-state index contributed by atoms with van der Waals surface area (Å²) in [6.45, 7) is 12.3. The summed E-state index contributed by atoms with van der Waals surface area (Å²) in [5.41, 5.74) is 15.8. The maximum absolute atomic E-state index is 14.6. The lowest BCUT2D eigenvalue weighted by molar-refractivity contribution is -0.150. The zero-order valence-corrected chi connectivity index (χ0v) is 33.7. The third kappa shape index (κ3) is 7.58. The van der Waals surface area contributed by atoms with Crippen LogP contribution in [0.5, 0.6) is 0 Å². The van der Waals surface area contributed by atoms with Gasteiger partial charge in [0.15, 0.2) is 0 Å². The van der Waals surface area contributed by atoms with Crippen molar-refractivity contribution in [1.29, 1.82) is 0 Å². The Labute approximate surface area is 326 Å². The van der Waals surface area contributed by atoms with E-state index in [4.69, 9.17) is 11.5 Å². The Morgan fingerprint density at radius 2 is 1.22 bits per heavy atom. The number of carbonyl (C=O) groups is 5. The summed E-state index contributed by atoms with van der Waals surface area (Å²) >= 11 is 0. The zero-order chi connectivity index (χ0) is 39.9. The Bertz CT molecular complexity index is 1860. The quantitative estimate of drug-likeness (QED) is 0.173. The number of nitrogens with one attached hydrogen (secondary N) is 4. The lowest BCUT2D eigenvalue weighted by Gasteiger charge is -2.56. The van der Waals surface area contributed by atoms with Crippen LogP contribution < -0.4 is 32.7 Å². The van der Waals surface area contributed by atoms with Crippen molar-refractivity contribution in [2.45, 2.75) is 142 Å². The van der Waals surface area contributed by atoms with Crippen molar-refractivity contribution < 1.29 is 24.0 Å². The van der Waals surface area contributed by atoms with Crippen molar-refractivity contribution >= 4 is 40.9 Å². The first-order chi connectivity index (χ1) is 25.9. The molecule has 2 saturated carbocycles. The number of nitrogens with two attached hydrogens (primary N) is 2. The Morgan fingerprint density at radius 1 is 0.727 bits per heavy atom. The minimum absolute atomic E-state index is 0.00475. The number of hydrogen-bond donors (Lipinski definition) is 6. The predicted octanol–water partition coefficient (Wildman–Crippen LogP) is 5.52. The van der Waals surface area contributed by atoms with Crippen LogP contribution in [-0.2, 0) is 47.6 Å². The second kappa shape index (κ2) is 15.4. The van der Waals surface area contributed by atoms with Gasteiger partial charge in [-0.3, -0.25) is 29.3 Å². The fourth-order valence-corrected chi connectivity index (χ4v) is 11.3. The number of benzene rings is 2. The van der Waals surface area contributed by atoms with Crippen LogP contribution in [0.25, 0.3) is 0 Å². The molecule has 2 aromatic carbocycles. The Kier molecular flexibility index (Phi) is 11.4. The average molecular weight is 755 g/mol. The number of aryl methyl sites for hydroxylation is 2. The molecule has 0 aliphatic heterocycles. The van der Waals surface area contributed by atoms with Crippen LogP contribution in [-0.4, -0.2) is 48.2 Å². The highest BCUT2D eigenvalue weighted by Crippen LogP contribution is 2.59. The number of rotatable bonds is 10. The summed E-state index contributed by atoms with van der Waals surface area (Å²) in [6.07, 6.45) is 8.64. The van der Waals surface area contributed by atoms with Gasteiger partial charge in [-0.15, -0.1) is 0 Å². The van der Waals surface area contributed by atoms with Crippen LogP contribution in [0, 0.1) is 22.7 Å². The fraction of sp³-hybridized carbons (Fsp3) is 0.614. The molecule has 0 bridgehead atoms. The van der Waals surface area contributed by atoms with Gasteiger partial charge in [0.1, 0.15) is 0 Å². The highest BCUT2D eigenvalue weighted by molar-refractivity contribution is 6.01. The van der Waals surface area contributed by atoms with Gasteiger partial charge in [-0.25, -0.2) is 0 Å². The number of imide groups is 1. The monoisotopic (exact) mass is 754 g/mol. The normalized spacial score (nSPS) is 30.1. The molecule has 4 aliphatic rings. The largest absolute Gasteiger partial charge is 0.354 e. The summed E-state index contributed by atoms with van der Waals surface area (Å²) in [7, 11) is 0. The molecule has 6 rings (SSSR count). The van der Waals surface area contributed by atoms with Crippen LogP contribution in [0.2, 0.25) is 0 Å². The molecule has 0 radical (unpaired) electrons. The third-order valence-corrected chi connectivity index (χ3v) is 14.2. The summed E-state index contributed by atoms with van der Waals surface area (Å²) in [5, 5.41) is 11.7. The number of amides is 5. The summed E-state index contributed by atoms with van der Waals surface area (Å²) in [6, 6.07) is 11.3. The molecule has 0 heterocycles. The van der Waals surface area contributed by atoms with Gasteiger partial charge in [0.2, 0.25) is 29.5 Å². The molecule has 11 heteroatoms. The van der Waals surface area contributed by atoms with Crippen LogP contribution in [0.3, 0.4) is 0 Å². The number of fused-ring (bicyclic) bond motifs is 6. The molecule has 2 fully saturated rings. The van der Waals surface area contributed by atoms with E-state index in [0.29, 0.717) is 24.2 Å². The molecule has 5 amide bonds. The van der Waals surface area contributed by atoms with Gasteiger partial charge in [-0.2, -0.15) is 0 Å². The molecule has 0 spiro atoms. The van der Waals surface area contributed by atoms with E-state index in [2.05, 4.69) is 60.2 Å². The summed E-state index contributed by atoms with van der Waals surface area (Å²) in [4.78, 5) is 66.5. The van der Waals surface area contributed by atoms with Crippen molar-refractivity contribution in [2.75, 3.05) is 17.2 Å². The number of anilines is 2. The molecule has 7 atom stereocenters. The first-order valence-electron chi connectivity index (χ1n) is 20.4. The molecule has 4 aliphatic carbocycles. The summed E-state index contributed by atoms with van der Waals surface area (Å²) in [5.74, 6) is -1.07. The Balaban J connectivity index is 1.18. The van der Waals surface area contributed by atoms with E-state index in [9.17, 15) is 24.0 Å². The van der Waals surface area contributed by atoms with Crippen LogP contribution in [0.1, 0.15) is 128 Å². The number of hydrogen-bond acceptors (Lipinski definition) is 7. The SMILES string of the molecule is CC(C)NC(=O)CC[C@H](N)C(=O)Nc1ccc2c(c1)[C@@]1(C)CCC[C@](C)(C(=O)NC(=O)[C@@]3(C)CCC[C@]4(C)c5cc(NC(=O)CN)ccc5CC[C@@H]34)[C@@H]1CC2. The predicted molar refractivity (Wildman–Crippen MR) is 215 cm³/mol. The van der Waals surface area contributed by atoms with E-state index in [1.165, 1.54) is 16.7 Å². The lowest BCUT2D eigenvalue weighted by atomic mass is 9.49. The molecule has 2 aromatic rings. The van der Waals surface area contributed by atoms with Crippen molar-refractivity contribution in [3.63, 3.8) is 0 Å². The van der Waals surface area contributed by atoms with E-state index >= 15 is 0 Å². The van der Waals surface area contributed by atoms with E-state index in [0.717, 1.165) is 56.9 Å². The van der Waals surface area contributed by atoms with E-state index in [-0.39, 0.29) is 77.6 Å². The average Bonchev–Trinajstić information content (AvgIpc) is 3.13. The van der Waals surface area contributed by atoms with Crippen molar-refractivity contribution in [1.82, 2.24) is 10.6 Å². The minimum Gasteiger partial charge on any atom is -0.354 e. The molecule has 0 saturated heterocycles. The van der Waals surface area contributed by atoms with Gasteiger partial charge in [0.25, 0.3) is 0 Å². The van der Waals surface area contributed by atoms with Crippen LogP contribution in [0.4, 0.5) is 11.4 Å². The Hall–Kier alpha value is -4.09. The van der Waals surface area contributed by atoms with Crippen molar-refractivity contribution in [3.8, 4) is 0 Å². The van der Waals surface area contributed by atoms with Gasteiger partial charge in [-0.05, 0) is 141 Å². The van der Waals surface area contributed by atoms with Crippen molar-refractivity contribution in [2.24, 2.45) is 34.1 Å². The highest BCUT2D eigenvalue weighted by Gasteiger charge is 2.58. The van der Waals surface area contributed by atoms with Crippen LogP contribution in [0.15, 0.2) is 36.4 Å². The first kappa shape index (κ1) is 40.6. The molecular weight excluding hydrogens is 693 g/mol. The molecule has 0 aromatic heterocycles. The summed E-state index contributed by atoms with van der Waals surface area (Å²) < 4.78 is 0. The van der Waals surface area contributed by atoms with Gasteiger partial charge < -0.3 is 27.4 Å². The van der Waals surface area contributed by atoms with Gasteiger partial charge in [0.05, 0.1) is 23.4 Å². The topological polar surface area (TPSA) is 186 Å². The van der Waals surface area contributed by atoms with E-state index in [1.807, 2.05) is 39.0 Å². The molecule has 55 heavy (non-hydrogen) atoms. The molecular formula is C44H62N6O5. The number of carbonyl (C=O) groups excluding carboxylic acids is 5. The zero-order valence-electron chi connectivity index (χ0n) is 33.7. The first-order valence-corrected chi connectivity index (χ1v) is 20.4. The molecule has 11 nitrogen and oxygen atoms in total. The molecule has 0 unspecified atom stereocenters. The van der Waals surface area contributed by atoms with Crippen molar-refractivity contribution in [3.05, 3.63) is 58.7 Å². The Morgan fingerprint density at radius 3 is 1.69 bits per heavy atom. The van der Waals surface area contributed by atoms with E-state index < -0.39 is 16.9 Å². The van der Waals surface area contributed by atoms with Crippen LogP contribution >= 0.6 is 0 Å². The molecule has 8 N–H and O–H groups in total. The third-order valence-electron chi connectivity index (χ3n) is 14.2.